The van der Waals surface area contributed by atoms with E-state index in [1.807, 2.05) is 18.7 Å². The molecule has 1 aromatic heterocycles. The number of amides is 1. The quantitative estimate of drug-likeness (QED) is 0.853. The van der Waals surface area contributed by atoms with Gasteiger partial charge in [-0.15, -0.1) is 10.2 Å². The molecule has 1 aromatic rings. The van der Waals surface area contributed by atoms with E-state index in [0.29, 0.717) is 12.2 Å². The van der Waals surface area contributed by atoms with E-state index in [0.717, 1.165) is 6.42 Å². The van der Waals surface area contributed by atoms with Crippen molar-refractivity contribution in [3.8, 4) is 0 Å². The maximum absolute atomic E-state index is 11.9. The van der Waals surface area contributed by atoms with Crippen LogP contribution in [-0.2, 0) is 9.84 Å². The summed E-state index contributed by atoms with van der Waals surface area (Å²) in [4.78, 5) is 13.7. The highest BCUT2D eigenvalue weighted by Crippen LogP contribution is 2.20. The van der Waals surface area contributed by atoms with Crippen LogP contribution >= 0.6 is 0 Å². The van der Waals surface area contributed by atoms with E-state index in [-0.39, 0.29) is 35.2 Å². The van der Waals surface area contributed by atoms with Gasteiger partial charge in [0.15, 0.2) is 21.3 Å². The van der Waals surface area contributed by atoms with Crippen LogP contribution in [0.5, 0.6) is 0 Å². The standard InChI is InChI=1S/C14H22N4O3S/c1-4-10(2)15-14(19)12-5-6-13(17-16-12)18(3)11-7-8-22(20,21)9-11/h5-6,10-11H,4,7-9H2,1-3H3,(H,15,19). The molecule has 2 unspecified atom stereocenters. The largest absolute Gasteiger partial charge is 0.354 e. The van der Waals surface area contributed by atoms with Gasteiger partial charge in [0.25, 0.3) is 5.91 Å². The Morgan fingerprint density at radius 2 is 2.18 bits per heavy atom. The summed E-state index contributed by atoms with van der Waals surface area (Å²) in [5.74, 6) is 0.674. The maximum Gasteiger partial charge on any atom is 0.272 e. The summed E-state index contributed by atoms with van der Waals surface area (Å²) in [6.07, 6.45) is 1.44. The van der Waals surface area contributed by atoms with Crippen LogP contribution in [0.25, 0.3) is 0 Å². The fourth-order valence-electron chi connectivity index (χ4n) is 2.30. The molecule has 2 heterocycles. The second kappa shape index (κ2) is 6.60. The van der Waals surface area contributed by atoms with Gasteiger partial charge in [0.05, 0.1) is 11.5 Å². The molecule has 2 rings (SSSR count). The number of nitrogens with one attached hydrogen (secondary N) is 1. The molecule has 1 N–H and O–H groups in total. The minimum absolute atomic E-state index is 0.0837. The summed E-state index contributed by atoms with van der Waals surface area (Å²) in [6.45, 7) is 3.92. The molecular weight excluding hydrogens is 304 g/mol. The summed E-state index contributed by atoms with van der Waals surface area (Å²) in [7, 11) is -1.14. The molecule has 1 saturated heterocycles. The van der Waals surface area contributed by atoms with Gasteiger partial charge < -0.3 is 10.2 Å². The Hall–Kier alpha value is -1.70. The third-order valence-electron chi connectivity index (χ3n) is 3.99. The fraction of sp³-hybridized carbons (Fsp3) is 0.643. The molecule has 122 valence electrons. The van der Waals surface area contributed by atoms with Crippen molar-refractivity contribution in [2.45, 2.75) is 38.8 Å². The zero-order chi connectivity index (χ0) is 16.3. The van der Waals surface area contributed by atoms with E-state index >= 15 is 0 Å². The van der Waals surface area contributed by atoms with Crippen LogP contribution in [0, 0.1) is 0 Å². The smallest absolute Gasteiger partial charge is 0.272 e. The van der Waals surface area contributed by atoms with Crippen molar-refractivity contribution in [2.75, 3.05) is 23.5 Å². The molecule has 0 aliphatic carbocycles. The molecule has 1 aliphatic rings. The zero-order valence-electron chi connectivity index (χ0n) is 13.1. The van der Waals surface area contributed by atoms with Crippen molar-refractivity contribution < 1.29 is 13.2 Å². The van der Waals surface area contributed by atoms with Gasteiger partial charge in [-0.1, -0.05) is 6.92 Å². The summed E-state index contributed by atoms with van der Waals surface area (Å²) < 4.78 is 23.1. The van der Waals surface area contributed by atoms with Crippen molar-refractivity contribution >= 4 is 21.6 Å². The number of nitrogens with zero attached hydrogens (tertiary/aromatic N) is 3. The highest BCUT2D eigenvalue weighted by atomic mass is 32.2. The first-order valence-corrected chi connectivity index (χ1v) is 9.22. The average Bonchev–Trinajstić information content (AvgIpc) is 2.86. The monoisotopic (exact) mass is 326 g/mol. The molecule has 1 amide bonds. The third kappa shape index (κ3) is 3.94. The Balaban J connectivity index is 2.04. The van der Waals surface area contributed by atoms with Gasteiger partial charge in [0.1, 0.15) is 0 Å². The normalized spacial score (nSPS) is 21.3. The summed E-state index contributed by atoms with van der Waals surface area (Å²) in [5.41, 5.74) is 0.261. The molecule has 7 nitrogen and oxygen atoms in total. The van der Waals surface area contributed by atoms with Crippen LogP contribution < -0.4 is 10.2 Å². The van der Waals surface area contributed by atoms with Gasteiger partial charge in [-0.2, -0.15) is 0 Å². The molecule has 0 aromatic carbocycles. The number of aromatic nitrogens is 2. The minimum Gasteiger partial charge on any atom is -0.354 e. The number of carbonyl (C=O) groups excluding carboxylic acids is 1. The lowest BCUT2D eigenvalue weighted by Crippen LogP contribution is -2.34. The first-order chi connectivity index (χ1) is 10.3. The third-order valence-corrected chi connectivity index (χ3v) is 5.74. The molecule has 0 spiro atoms. The Morgan fingerprint density at radius 3 is 2.68 bits per heavy atom. The van der Waals surface area contributed by atoms with Crippen LogP contribution in [0.1, 0.15) is 37.2 Å². The number of carbonyl (C=O) groups is 1. The Morgan fingerprint density at radius 1 is 1.45 bits per heavy atom. The molecule has 22 heavy (non-hydrogen) atoms. The number of hydrogen-bond donors (Lipinski definition) is 1. The van der Waals surface area contributed by atoms with Gasteiger partial charge in [0.2, 0.25) is 0 Å². The number of anilines is 1. The van der Waals surface area contributed by atoms with E-state index in [1.165, 1.54) is 0 Å². The lowest BCUT2D eigenvalue weighted by Gasteiger charge is -2.23. The Labute approximate surface area is 131 Å². The lowest BCUT2D eigenvalue weighted by atomic mass is 10.2. The van der Waals surface area contributed by atoms with E-state index < -0.39 is 9.84 Å². The number of rotatable bonds is 5. The average molecular weight is 326 g/mol. The first kappa shape index (κ1) is 16.7. The SMILES string of the molecule is CCC(C)NC(=O)c1ccc(N(C)C2CCS(=O)(=O)C2)nn1. The summed E-state index contributed by atoms with van der Waals surface area (Å²) in [5, 5.41) is 10.8. The van der Waals surface area contributed by atoms with E-state index in [4.69, 9.17) is 0 Å². The van der Waals surface area contributed by atoms with Crippen LogP contribution in [0.2, 0.25) is 0 Å². The van der Waals surface area contributed by atoms with Gasteiger partial charge in [-0.05, 0) is 31.9 Å². The van der Waals surface area contributed by atoms with Gasteiger partial charge >= 0.3 is 0 Å². The summed E-state index contributed by atoms with van der Waals surface area (Å²) >= 11 is 0. The molecule has 0 bridgehead atoms. The second-order valence-corrected chi connectivity index (χ2v) is 7.96. The zero-order valence-corrected chi connectivity index (χ0v) is 13.9. The topological polar surface area (TPSA) is 92.3 Å². The molecule has 1 aliphatic heterocycles. The highest BCUT2D eigenvalue weighted by molar-refractivity contribution is 7.91. The Kier molecular flexibility index (Phi) is 5.00. The van der Waals surface area contributed by atoms with Crippen LogP contribution in [0.15, 0.2) is 12.1 Å². The van der Waals surface area contributed by atoms with Crippen LogP contribution in [0.3, 0.4) is 0 Å². The maximum atomic E-state index is 11.9. The molecule has 0 radical (unpaired) electrons. The van der Waals surface area contributed by atoms with Gasteiger partial charge in [-0.3, -0.25) is 4.79 Å². The number of hydrogen-bond acceptors (Lipinski definition) is 6. The van der Waals surface area contributed by atoms with Crippen LogP contribution in [0.4, 0.5) is 5.82 Å². The molecule has 8 heteroatoms. The van der Waals surface area contributed by atoms with Crippen LogP contribution in [-0.4, -0.2) is 55.2 Å². The van der Waals surface area contributed by atoms with Gasteiger partial charge in [-0.25, -0.2) is 8.42 Å². The molecule has 0 saturated carbocycles. The van der Waals surface area contributed by atoms with Crippen molar-refractivity contribution in [1.82, 2.24) is 15.5 Å². The van der Waals surface area contributed by atoms with E-state index in [1.54, 1.807) is 19.2 Å². The second-order valence-electron chi connectivity index (χ2n) is 5.73. The minimum atomic E-state index is -2.94. The van der Waals surface area contributed by atoms with Crippen molar-refractivity contribution in [2.24, 2.45) is 0 Å². The van der Waals surface area contributed by atoms with E-state index in [2.05, 4.69) is 15.5 Å². The predicted molar refractivity (Wildman–Crippen MR) is 84.7 cm³/mol. The summed E-state index contributed by atoms with van der Waals surface area (Å²) in [6, 6.07) is 3.31. The van der Waals surface area contributed by atoms with Gasteiger partial charge in [0, 0.05) is 19.1 Å². The van der Waals surface area contributed by atoms with Crippen molar-refractivity contribution in [3.63, 3.8) is 0 Å². The highest BCUT2D eigenvalue weighted by Gasteiger charge is 2.31. The molecule has 2 atom stereocenters. The lowest BCUT2D eigenvalue weighted by molar-refractivity contribution is 0.0933. The fourth-order valence-corrected chi connectivity index (χ4v) is 4.08. The first-order valence-electron chi connectivity index (χ1n) is 7.40. The number of sulfone groups is 1. The van der Waals surface area contributed by atoms with Crippen molar-refractivity contribution in [3.05, 3.63) is 17.8 Å². The molecular formula is C14H22N4O3S. The molecule has 1 fully saturated rings. The predicted octanol–water partition coefficient (Wildman–Crippen LogP) is 0.628. The van der Waals surface area contributed by atoms with Crippen molar-refractivity contribution in [1.29, 1.82) is 0 Å². The Bertz CT molecular complexity index is 630. The van der Waals surface area contributed by atoms with E-state index in [9.17, 15) is 13.2 Å².